The molecule has 1 aliphatic rings. The first-order valence-corrected chi connectivity index (χ1v) is 8.48. The molecule has 0 amide bonds. The van der Waals surface area contributed by atoms with E-state index in [1.54, 1.807) is 6.07 Å². The van der Waals surface area contributed by atoms with Crippen molar-refractivity contribution in [3.8, 4) is 0 Å². The minimum absolute atomic E-state index is 0.0395. The molecule has 0 aliphatic carbocycles. The lowest BCUT2D eigenvalue weighted by Gasteiger charge is -2.35. The highest BCUT2D eigenvalue weighted by atomic mass is 16.6. The number of benzene rings is 2. The molecule has 0 atom stereocenters. The number of hydrogen-bond acceptors (Lipinski definition) is 8. The van der Waals surface area contributed by atoms with Gasteiger partial charge in [-0.05, 0) is 11.6 Å². The van der Waals surface area contributed by atoms with Crippen molar-refractivity contribution < 1.29 is 14.8 Å². The SMILES string of the molecule is O=[N+]([O-])c1cccc(CN2CCN(c3ccc([N+](=O)[O-])cc3[N+](=O)[O-])CC2)c1. The molecule has 0 spiro atoms. The predicted octanol–water partition coefficient (Wildman–Crippen LogP) is 2.73. The Hall–Kier alpha value is -3.60. The molecule has 2 aromatic carbocycles. The van der Waals surface area contributed by atoms with Crippen LogP contribution < -0.4 is 4.90 Å². The number of piperazine rings is 1. The van der Waals surface area contributed by atoms with Crippen LogP contribution in [0.15, 0.2) is 42.5 Å². The Bertz CT molecular complexity index is 926. The molecule has 1 fully saturated rings. The van der Waals surface area contributed by atoms with Crippen molar-refractivity contribution >= 4 is 22.7 Å². The average Bonchev–Trinajstić information content (AvgIpc) is 2.68. The largest absolute Gasteiger partial charge is 0.363 e. The van der Waals surface area contributed by atoms with Gasteiger partial charge in [0.1, 0.15) is 5.69 Å². The van der Waals surface area contributed by atoms with Crippen LogP contribution in [0.25, 0.3) is 0 Å². The van der Waals surface area contributed by atoms with E-state index in [0.717, 1.165) is 11.6 Å². The molecule has 2 aromatic rings. The lowest BCUT2D eigenvalue weighted by Crippen LogP contribution is -2.46. The molecule has 11 nitrogen and oxygen atoms in total. The fourth-order valence-electron chi connectivity index (χ4n) is 3.21. The van der Waals surface area contributed by atoms with Crippen LogP contribution >= 0.6 is 0 Å². The Morgan fingerprint density at radius 2 is 1.43 bits per heavy atom. The van der Waals surface area contributed by atoms with Crippen LogP contribution in [0, 0.1) is 30.3 Å². The number of rotatable bonds is 6. The lowest BCUT2D eigenvalue weighted by molar-refractivity contribution is -0.393. The second kappa shape index (κ2) is 7.96. The summed E-state index contributed by atoms with van der Waals surface area (Å²) in [6, 6.07) is 10.1. The maximum atomic E-state index is 11.3. The van der Waals surface area contributed by atoms with Gasteiger partial charge in [-0.25, -0.2) is 0 Å². The van der Waals surface area contributed by atoms with E-state index in [4.69, 9.17) is 0 Å². The topological polar surface area (TPSA) is 136 Å². The Kier molecular flexibility index (Phi) is 5.45. The number of nitro benzene ring substituents is 3. The van der Waals surface area contributed by atoms with Gasteiger partial charge in [0.25, 0.3) is 17.1 Å². The lowest BCUT2D eigenvalue weighted by atomic mass is 10.1. The van der Waals surface area contributed by atoms with Crippen molar-refractivity contribution in [2.75, 3.05) is 31.1 Å². The summed E-state index contributed by atoms with van der Waals surface area (Å²) in [5, 5.41) is 33.1. The number of hydrogen-bond donors (Lipinski definition) is 0. The van der Waals surface area contributed by atoms with Gasteiger partial charge in [-0.2, -0.15) is 0 Å². The predicted molar refractivity (Wildman–Crippen MR) is 100 cm³/mol. The van der Waals surface area contributed by atoms with Crippen molar-refractivity contribution in [3.63, 3.8) is 0 Å². The molecule has 3 rings (SSSR count). The normalized spacial score (nSPS) is 14.6. The van der Waals surface area contributed by atoms with E-state index < -0.39 is 14.8 Å². The number of anilines is 1. The van der Waals surface area contributed by atoms with Crippen LogP contribution in [-0.4, -0.2) is 45.8 Å². The van der Waals surface area contributed by atoms with Crippen molar-refractivity contribution in [2.24, 2.45) is 0 Å². The first-order valence-electron chi connectivity index (χ1n) is 8.48. The third kappa shape index (κ3) is 4.20. The molecule has 1 saturated heterocycles. The van der Waals surface area contributed by atoms with Crippen molar-refractivity contribution in [3.05, 3.63) is 78.4 Å². The van der Waals surface area contributed by atoms with E-state index in [9.17, 15) is 30.3 Å². The van der Waals surface area contributed by atoms with Crippen LogP contribution in [0.4, 0.5) is 22.7 Å². The molecule has 0 bridgehead atoms. The summed E-state index contributed by atoms with van der Waals surface area (Å²) < 4.78 is 0. The van der Waals surface area contributed by atoms with Gasteiger partial charge in [-0.15, -0.1) is 0 Å². The summed E-state index contributed by atoms with van der Waals surface area (Å²) in [4.78, 5) is 35.3. The summed E-state index contributed by atoms with van der Waals surface area (Å²) in [5.74, 6) is 0. The maximum absolute atomic E-state index is 11.3. The van der Waals surface area contributed by atoms with Gasteiger partial charge in [0.05, 0.1) is 20.8 Å². The van der Waals surface area contributed by atoms with Crippen LogP contribution in [0.5, 0.6) is 0 Å². The Morgan fingerprint density at radius 1 is 0.786 bits per heavy atom. The number of non-ortho nitro benzene ring substituents is 2. The van der Waals surface area contributed by atoms with Gasteiger partial charge in [-0.3, -0.25) is 35.2 Å². The van der Waals surface area contributed by atoms with Gasteiger partial charge in [-0.1, -0.05) is 12.1 Å². The second-order valence-corrected chi connectivity index (χ2v) is 6.38. The highest BCUT2D eigenvalue weighted by Crippen LogP contribution is 2.32. The van der Waals surface area contributed by atoms with E-state index in [-0.39, 0.29) is 17.1 Å². The average molecular weight is 387 g/mol. The van der Waals surface area contributed by atoms with Crippen molar-refractivity contribution in [2.45, 2.75) is 6.54 Å². The monoisotopic (exact) mass is 387 g/mol. The molecule has 1 aliphatic heterocycles. The fraction of sp³-hybridized carbons (Fsp3) is 0.294. The van der Waals surface area contributed by atoms with E-state index >= 15 is 0 Å². The first kappa shape index (κ1) is 19.2. The highest BCUT2D eigenvalue weighted by Gasteiger charge is 2.26. The van der Waals surface area contributed by atoms with Crippen LogP contribution in [-0.2, 0) is 6.54 Å². The molecular weight excluding hydrogens is 370 g/mol. The third-order valence-electron chi connectivity index (χ3n) is 4.61. The zero-order valence-corrected chi connectivity index (χ0v) is 14.8. The van der Waals surface area contributed by atoms with Gasteiger partial charge in [0.2, 0.25) is 0 Å². The molecular formula is C17H17N5O6. The summed E-state index contributed by atoms with van der Waals surface area (Å²) in [6.07, 6.45) is 0. The summed E-state index contributed by atoms with van der Waals surface area (Å²) in [7, 11) is 0. The Labute approximate surface area is 159 Å². The smallest absolute Gasteiger partial charge is 0.299 e. The van der Waals surface area contributed by atoms with Gasteiger partial charge in [0, 0.05) is 50.9 Å². The maximum Gasteiger partial charge on any atom is 0.299 e. The Balaban J connectivity index is 1.69. The molecule has 0 unspecified atom stereocenters. The number of nitrogens with zero attached hydrogens (tertiary/aromatic N) is 5. The van der Waals surface area contributed by atoms with Crippen LogP contribution in [0.1, 0.15) is 5.56 Å². The summed E-state index contributed by atoms with van der Waals surface area (Å²) in [6.45, 7) is 2.77. The molecule has 28 heavy (non-hydrogen) atoms. The molecule has 0 radical (unpaired) electrons. The van der Waals surface area contributed by atoms with Gasteiger partial charge >= 0.3 is 0 Å². The zero-order valence-electron chi connectivity index (χ0n) is 14.8. The molecule has 0 aromatic heterocycles. The third-order valence-corrected chi connectivity index (χ3v) is 4.61. The minimum atomic E-state index is -0.659. The van der Waals surface area contributed by atoms with Crippen LogP contribution in [0.2, 0.25) is 0 Å². The quantitative estimate of drug-likeness (QED) is 0.545. The summed E-state index contributed by atoms with van der Waals surface area (Å²) >= 11 is 0. The number of nitro groups is 3. The van der Waals surface area contributed by atoms with Crippen LogP contribution in [0.3, 0.4) is 0 Å². The minimum Gasteiger partial charge on any atom is -0.363 e. The molecule has 0 saturated carbocycles. The standard InChI is InChI=1S/C17H17N5O6/c23-20(24)14-3-1-2-13(10-14)12-18-6-8-19(9-7-18)16-5-4-15(21(25)26)11-17(16)22(27)28/h1-5,10-11H,6-9,12H2. The molecule has 146 valence electrons. The zero-order chi connectivity index (χ0) is 20.3. The van der Waals surface area contributed by atoms with Crippen molar-refractivity contribution in [1.82, 2.24) is 4.90 Å². The second-order valence-electron chi connectivity index (χ2n) is 6.38. The van der Waals surface area contributed by atoms with E-state index in [0.29, 0.717) is 38.4 Å². The van der Waals surface area contributed by atoms with E-state index in [1.165, 1.54) is 24.3 Å². The highest BCUT2D eigenvalue weighted by molar-refractivity contribution is 5.67. The van der Waals surface area contributed by atoms with E-state index in [1.807, 2.05) is 11.0 Å². The first-order chi connectivity index (χ1) is 13.3. The molecule has 0 N–H and O–H groups in total. The Morgan fingerprint density at radius 3 is 2.04 bits per heavy atom. The van der Waals surface area contributed by atoms with Crippen molar-refractivity contribution in [1.29, 1.82) is 0 Å². The summed E-state index contributed by atoms with van der Waals surface area (Å²) in [5.41, 5.74) is 0.605. The molecule has 11 heteroatoms. The molecule has 1 heterocycles. The fourth-order valence-corrected chi connectivity index (χ4v) is 3.21. The van der Waals surface area contributed by atoms with Gasteiger partial charge < -0.3 is 4.90 Å². The van der Waals surface area contributed by atoms with Gasteiger partial charge in [0.15, 0.2) is 0 Å². The van der Waals surface area contributed by atoms with E-state index in [2.05, 4.69) is 4.90 Å².